The van der Waals surface area contributed by atoms with Crippen molar-refractivity contribution in [3.63, 3.8) is 0 Å². The maximum absolute atomic E-state index is 10.7. The highest BCUT2D eigenvalue weighted by atomic mass is 16.3. The third-order valence-electron chi connectivity index (χ3n) is 3.99. The van der Waals surface area contributed by atoms with Crippen LogP contribution in [-0.4, -0.2) is 10.1 Å². The Labute approximate surface area is 125 Å². The third-order valence-corrected chi connectivity index (χ3v) is 3.99. The van der Waals surface area contributed by atoms with Gasteiger partial charge < -0.3 is 5.11 Å². The smallest absolute Gasteiger partial charge is 0.0836 e. The van der Waals surface area contributed by atoms with Gasteiger partial charge in [-0.25, -0.2) is 0 Å². The SMILES string of the molecule is Cc1ccc(C)c(CC(O)c2cccc3cnccc23)c1. The summed E-state index contributed by atoms with van der Waals surface area (Å²) in [5.74, 6) is 0. The molecule has 3 aromatic rings. The number of aliphatic hydroxyl groups is 1. The fourth-order valence-electron chi connectivity index (χ4n) is 2.78. The first-order valence-electron chi connectivity index (χ1n) is 7.22. The number of rotatable bonds is 3. The second-order valence-electron chi connectivity index (χ2n) is 5.59. The Balaban J connectivity index is 1.97. The molecular weight excluding hydrogens is 258 g/mol. The lowest BCUT2D eigenvalue weighted by atomic mass is 9.94. The Morgan fingerprint density at radius 3 is 2.81 bits per heavy atom. The number of nitrogens with zero attached hydrogens (tertiary/aromatic N) is 1. The van der Waals surface area contributed by atoms with Crippen molar-refractivity contribution < 1.29 is 5.11 Å². The molecule has 0 aliphatic heterocycles. The summed E-state index contributed by atoms with van der Waals surface area (Å²) >= 11 is 0. The Morgan fingerprint density at radius 1 is 1.10 bits per heavy atom. The molecule has 0 aliphatic rings. The zero-order valence-corrected chi connectivity index (χ0v) is 12.4. The van der Waals surface area contributed by atoms with E-state index >= 15 is 0 Å². The summed E-state index contributed by atoms with van der Waals surface area (Å²) in [6.07, 6.45) is 3.74. The molecule has 0 bridgehead atoms. The molecule has 1 atom stereocenters. The van der Waals surface area contributed by atoms with Gasteiger partial charge in [0.2, 0.25) is 0 Å². The number of benzene rings is 2. The van der Waals surface area contributed by atoms with Gasteiger partial charge in [-0.2, -0.15) is 0 Å². The summed E-state index contributed by atoms with van der Waals surface area (Å²) in [5, 5.41) is 12.8. The summed E-state index contributed by atoms with van der Waals surface area (Å²) < 4.78 is 0. The lowest BCUT2D eigenvalue weighted by Gasteiger charge is -2.15. The van der Waals surface area contributed by atoms with E-state index < -0.39 is 6.10 Å². The van der Waals surface area contributed by atoms with Crippen molar-refractivity contribution >= 4 is 10.8 Å². The summed E-state index contributed by atoms with van der Waals surface area (Å²) in [4.78, 5) is 4.14. The highest BCUT2D eigenvalue weighted by Gasteiger charge is 2.13. The van der Waals surface area contributed by atoms with Crippen molar-refractivity contribution in [1.82, 2.24) is 4.98 Å². The second kappa shape index (κ2) is 5.66. The minimum atomic E-state index is -0.503. The van der Waals surface area contributed by atoms with Crippen LogP contribution in [0.3, 0.4) is 0 Å². The molecule has 2 heteroatoms. The minimum Gasteiger partial charge on any atom is -0.388 e. The fraction of sp³-hybridized carbons (Fsp3) is 0.211. The maximum Gasteiger partial charge on any atom is 0.0836 e. The van der Waals surface area contributed by atoms with E-state index in [0.29, 0.717) is 6.42 Å². The average Bonchev–Trinajstić information content (AvgIpc) is 2.50. The summed E-state index contributed by atoms with van der Waals surface area (Å²) in [6, 6.07) is 14.3. The van der Waals surface area contributed by atoms with Crippen LogP contribution in [0.25, 0.3) is 10.8 Å². The first kappa shape index (κ1) is 13.8. The molecule has 3 rings (SSSR count). The predicted octanol–water partition coefficient (Wildman–Crippen LogP) is 4.13. The Hall–Kier alpha value is -2.19. The zero-order valence-electron chi connectivity index (χ0n) is 12.4. The van der Waals surface area contributed by atoms with Crippen molar-refractivity contribution in [2.75, 3.05) is 0 Å². The Morgan fingerprint density at radius 2 is 1.95 bits per heavy atom. The number of pyridine rings is 1. The van der Waals surface area contributed by atoms with Crippen LogP contribution in [0.1, 0.15) is 28.4 Å². The van der Waals surface area contributed by atoms with Crippen LogP contribution in [0.5, 0.6) is 0 Å². The van der Waals surface area contributed by atoms with Gasteiger partial charge in [-0.15, -0.1) is 0 Å². The van der Waals surface area contributed by atoms with Gasteiger partial charge in [0.1, 0.15) is 0 Å². The molecule has 1 unspecified atom stereocenters. The molecule has 2 nitrogen and oxygen atoms in total. The highest BCUT2D eigenvalue weighted by Crippen LogP contribution is 2.27. The molecule has 1 aromatic heterocycles. The van der Waals surface area contributed by atoms with Crippen molar-refractivity contribution in [3.8, 4) is 0 Å². The van der Waals surface area contributed by atoms with Crippen LogP contribution < -0.4 is 0 Å². The summed E-state index contributed by atoms with van der Waals surface area (Å²) in [6.45, 7) is 4.17. The molecule has 106 valence electrons. The van der Waals surface area contributed by atoms with Gasteiger partial charge in [-0.05, 0) is 42.0 Å². The van der Waals surface area contributed by atoms with Crippen LogP contribution in [0.2, 0.25) is 0 Å². The van der Waals surface area contributed by atoms with Gasteiger partial charge in [0, 0.05) is 24.2 Å². The van der Waals surface area contributed by atoms with Crippen molar-refractivity contribution in [3.05, 3.63) is 77.1 Å². The summed E-state index contributed by atoms with van der Waals surface area (Å²) in [5.41, 5.74) is 4.62. The molecule has 2 aromatic carbocycles. The first-order valence-corrected chi connectivity index (χ1v) is 7.22. The molecule has 1 heterocycles. The normalized spacial score (nSPS) is 12.5. The molecule has 1 N–H and O–H groups in total. The van der Waals surface area contributed by atoms with E-state index in [9.17, 15) is 5.11 Å². The molecule has 0 saturated carbocycles. The number of fused-ring (bicyclic) bond motifs is 1. The summed E-state index contributed by atoms with van der Waals surface area (Å²) in [7, 11) is 0. The molecule has 0 amide bonds. The lowest BCUT2D eigenvalue weighted by molar-refractivity contribution is 0.180. The van der Waals surface area contributed by atoms with Crippen LogP contribution in [0.4, 0.5) is 0 Å². The Kier molecular flexibility index (Phi) is 3.72. The van der Waals surface area contributed by atoms with E-state index in [0.717, 1.165) is 16.3 Å². The van der Waals surface area contributed by atoms with E-state index in [-0.39, 0.29) is 0 Å². The van der Waals surface area contributed by atoms with Gasteiger partial charge in [-0.1, -0.05) is 42.0 Å². The number of hydrogen-bond acceptors (Lipinski definition) is 2. The highest BCUT2D eigenvalue weighted by molar-refractivity contribution is 5.85. The van der Waals surface area contributed by atoms with E-state index in [1.165, 1.54) is 16.7 Å². The zero-order chi connectivity index (χ0) is 14.8. The molecule has 0 aliphatic carbocycles. The van der Waals surface area contributed by atoms with Gasteiger partial charge in [-0.3, -0.25) is 4.98 Å². The van der Waals surface area contributed by atoms with Crippen molar-refractivity contribution in [2.24, 2.45) is 0 Å². The second-order valence-corrected chi connectivity index (χ2v) is 5.59. The van der Waals surface area contributed by atoms with E-state index in [2.05, 4.69) is 37.0 Å². The van der Waals surface area contributed by atoms with Crippen molar-refractivity contribution in [1.29, 1.82) is 0 Å². The molecule has 21 heavy (non-hydrogen) atoms. The average molecular weight is 277 g/mol. The predicted molar refractivity (Wildman–Crippen MR) is 86.3 cm³/mol. The quantitative estimate of drug-likeness (QED) is 0.781. The largest absolute Gasteiger partial charge is 0.388 e. The standard InChI is InChI=1S/C19H19NO/c1-13-6-7-14(2)16(10-13)11-19(21)18-5-3-4-15-12-20-9-8-17(15)18/h3-10,12,19,21H,11H2,1-2H3. The van der Waals surface area contributed by atoms with Crippen LogP contribution in [-0.2, 0) is 6.42 Å². The minimum absolute atomic E-state index is 0.503. The van der Waals surface area contributed by atoms with E-state index in [4.69, 9.17) is 0 Å². The topological polar surface area (TPSA) is 33.1 Å². The van der Waals surface area contributed by atoms with Crippen LogP contribution >= 0.6 is 0 Å². The number of hydrogen-bond donors (Lipinski definition) is 1. The van der Waals surface area contributed by atoms with Gasteiger partial charge >= 0.3 is 0 Å². The molecule has 0 fully saturated rings. The molecule has 0 spiro atoms. The van der Waals surface area contributed by atoms with Crippen LogP contribution in [0, 0.1) is 13.8 Å². The van der Waals surface area contributed by atoms with Crippen molar-refractivity contribution in [2.45, 2.75) is 26.4 Å². The van der Waals surface area contributed by atoms with E-state index in [1.807, 2.05) is 30.5 Å². The number of aromatic nitrogens is 1. The van der Waals surface area contributed by atoms with Gasteiger partial charge in [0.05, 0.1) is 6.10 Å². The first-order chi connectivity index (χ1) is 10.1. The molecule has 0 radical (unpaired) electrons. The third kappa shape index (κ3) is 2.81. The lowest BCUT2D eigenvalue weighted by Crippen LogP contribution is -2.04. The number of aryl methyl sites for hydroxylation is 2. The number of aliphatic hydroxyl groups excluding tert-OH is 1. The van der Waals surface area contributed by atoms with Gasteiger partial charge in [0.25, 0.3) is 0 Å². The molecule has 0 saturated heterocycles. The maximum atomic E-state index is 10.7. The van der Waals surface area contributed by atoms with Gasteiger partial charge in [0.15, 0.2) is 0 Å². The Bertz CT molecular complexity index is 774. The molecular formula is C19H19NO. The van der Waals surface area contributed by atoms with E-state index in [1.54, 1.807) is 6.20 Å². The van der Waals surface area contributed by atoms with Crippen LogP contribution in [0.15, 0.2) is 54.9 Å². The fourth-order valence-corrected chi connectivity index (χ4v) is 2.78. The monoisotopic (exact) mass is 277 g/mol.